The van der Waals surface area contributed by atoms with E-state index in [2.05, 4.69) is 26.1 Å². The number of hydrogen-bond acceptors (Lipinski definition) is 2. The summed E-state index contributed by atoms with van der Waals surface area (Å²) in [4.78, 5) is 0. The van der Waals surface area contributed by atoms with Crippen LogP contribution in [0.3, 0.4) is 0 Å². The standard InChI is InChI=1S/C16H25Cl2NO/c1-5-8-19-13(11-16(2,3)20-4)9-12-6-7-14(17)15(18)10-12/h6-7,10,13,19H,5,8-9,11H2,1-4H3. The van der Waals surface area contributed by atoms with E-state index in [1.54, 1.807) is 7.11 Å². The molecule has 0 bridgehead atoms. The lowest BCUT2D eigenvalue weighted by Crippen LogP contribution is -2.39. The fourth-order valence-corrected chi connectivity index (χ4v) is 2.51. The summed E-state index contributed by atoms with van der Waals surface area (Å²) in [6.45, 7) is 7.40. The van der Waals surface area contributed by atoms with Crippen molar-refractivity contribution >= 4 is 23.2 Å². The van der Waals surface area contributed by atoms with Crippen LogP contribution in [-0.4, -0.2) is 25.3 Å². The van der Waals surface area contributed by atoms with Crippen molar-refractivity contribution in [3.05, 3.63) is 33.8 Å². The van der Waals surface area contributed by atoms with Gasteiger partial charge in [0.2, 0.25) is 0 Å². The summed E-state index contributed by atoms with van der Waals surface area (Å²) in [6.07, 6.45) is 2.98. The minimum absolute atomic E-state index is 0.137. The third-order valence-corrected chi connectivity index (χ3v) is 4.18. The van der Waals surface area contributed by atoms with Gasteiger partial charge in [0.05, 0.1) is 15.6 Å². The Kier molecular flexibility index (Phi) is 7.32. The molecule has 0 radical (unpaired) electrons. The molecule has 1 unspecified atom stereocenters. The minimum atomic E-state index is -0.137. The van der Waals surface area contributed by atoms with Crippen molar-refractivity contribution in [1.29, 1.82) is 0 Å². The third-order valence-electron chi connectivity index (χ3n) is 3.44. The first-order chi connectivity index (χ1) is 9.38. The highest BCUT2D eigenvalue weighted by molar-refractivity contribution is 6.42. The van der Waals surface area contributed by atoms with Crippen LogP contribution in [-0.2, 0) is 11.2 Å². The van der Waals surface area contributed by atoms with Crippen molar-refractivity contribution in [3.63, 3.8) is 0 Å². The molecule has 0 aliphatic carbocycles. The summed E-state index contributed by atoms with van der Waals surface area (Å²) in [5.74, 6) is 0. The highest BCUT2D eigenvalue weighted by Crippen LogP contribution is 2.24. The number of benzene rings is 1. The minimum Gasteiger partial charge on any atom is -0.379 e. The van der Waals surface area contributed by atoms with E-state index in [4.69, 9.17) is 27.9 Å². The van der Waals surface area contributed by atoms with Crippen LogP contribution in [0.4, 0.5) is 0 Å². The predicted molar refractivity (Wildman–Crippen MR) is 88.0 cm³/mol. The summed E-state index contributed by atoms with van der Waals surface area (Å²) in [5, 5.41) is 4.80. The topological polar surface area (TPSA) is 21.3 Å². The second-order valence-corrected chi connectivity index (χ2v) is 6.59. The quantitative estimate of drug-likeness (QED) is 0.749. The molecular weight excluding hydrogens is 293 g/mol. The molecule has 0 fully saturated rings. The van der Waals surface area contributed by atoms with Crippen molar-refractivity contribution in [2.24, 2.45) is 0 Å². The third kappa shape index (κ3) is 6.01. The number of ether oxygens (including phenoxy) is 1. The van der Waals surface area contributed by atoms with Gasteiger partial charge in [-0.15, -0.1) is 0 Å². The van der Waals surface area contributed by atoms with Gasteiger partial charge >= 0.3 is 0 Å². The van der Waals surface area contributed by atoms with E-state index in [1.165, 1.54) is 5.56 Å². The molecule has 1 N–H and O–H groups in total. The van der Waals surface area contributed by atoms with Gasteiger partial charge < -0.3 is 10.1 Å². The average Bonchev–Trinajstić information content (AvgIpc) is 2.40. The molecule has 20 heavy (non-hydrogen) atoms. The van der Waals surface area contributed by atoms with E-state index in [9.17, 15) is 0 Å². The molecule has 1 rings (SSSR count). The van der Waals surface area contributed by atoms with Crippen molar-refractivity contribution < 1.29 is 4.74 Å². The molecule has 0 amide bonds. The molecule has 0 heterocycles. The summed E-state index contributed by atoms with van der Waals surface area (Å²) in [5.41, 5.74) is 1.06. The maximum atomic E-state index is 6.08. The van der Waals surface area contributed by atoms with E-state index < -0.39 is 0 Å². The zero-order valence-corrected chi connectivity index (χ0v) is 14.3. The van der Waals surface area contributed by atoms with Crippen LogP contribution in [0.5, 0.6) is 0 Å². The summed E-state index contributed by atoms with van der Waals surface area (Å²) >= 11 is 12.0. The van der Waals surface area contributed by atoms with E-state index in [0.29, 0.717) is 16.1 Å². The summed E-state index contributed by atoms with van der Waals surface area (Å²) < 4.78 is 5.54. The second kappa shape index (κ2) is 8.23. The molecule has 0 saturated carbocycles. The van der Waals surface area contributed by atoms with E-state index in [0.717, 1.165) is 25.8 Å². The molecule has 4 heteroatoms. The number of rotatable bonds is 8. The fraction of sp³-hybridized carbons (Fsp3) is 0.625. The van der Waals surface area contributed by atoms with Gasteiger partial charge in [-0.05, 0) is 57.4 Å². The fourth-order valence-electron chi connectivity index (χ4n) is 2.19. The molecule has 0 aromatic heterocycles. The molecular formula is C16H25Cl2NO. The number of hydrogen-bond donors (Lipinski definition) is 1. The molecule has 1 atom stereocenters. The van der Waals surface area contributed by atoms with Gasteiger partial charge in [0.1, 0.15) is 0 Å². The number of halogens is 2. The maximum Gasteiger partial charge on any atom is 0.0637 e. The molecule has 114 valence electrons. The van der Waals surface area contributed by atoms with Crippen molar-refractivity contribution in [1.82, 2.24) is 5.32 Å². The Morgan fingerprint density at radius 1 is 1.25 bits per heavy atom. The van der Waals surface area contributed by atoms with E-state index in [1.807, 2.05) is 18.2 Å². The molecule has 0 spiro atoms. The lowest BCUT2D eigenvalue weighted by molar-refractivity contribution is 0.00714. The van der Waals surface area contributed by atoms with Gasteiger partial charge in [-0.1, -0.05) is 36.2 Å². The Bertz CT molecular complexity index is 421. The van der Waals surface area contributed by atoms with Gasteiger partial charge in [0, 0.05) is 13.2 Å². The number of nitrogens with one attached hydrogen (secondary N) is 1. The van der Waals surface area contributed by atoms with Gasteiger partial charge in [0.15, 0.2) is 0 Å². The summed E-state index contributed by atoms with van der Waals surface area (Å²) in [6, 6.07) is 6.21. The highest BCUT2D eigenvalue weighted by atomic mass is 35.5. The van der Waals surface area contributed by atoms with Gasteiger partial charge in [-0.25, -0.2) is 0 Å². The molecule has 1 aromatic carbocycles. The Morgan fingerprint density at radius 3 is 2.50 bits per heavy atom. The van der Waals surface area contributed by atoms with Crippen molar-refractivity contribution in [2.75, 3.05) is 13.7 Å². The lowest BCUT2D eigenvalue weighted by atomic mass is 9.94. The first-order valence-electron chi connectivity index (χ1n) is 7.10. The Labute approximate surface area is 132 Å². The average molecular weight is 318 g/mol. The van der Waals surface area contributed by atoms with Gasteiger partial charge in [-0.2, -0.15) is 0 Å². The first kappa shape index (κ1) is 17.8. The first-order valence-corrected chi connectivity index (χ1v) is 7.86. The van der Waals surface area contributed by atoms with E-state index in [-0.39, 0.29) is 5.60 Å². The Balaban J connectivity index is 2.75. The number of methoxy groups -OCH3 is 1. The normalized spacial score (nSPS) is 13.5. The van der Waals surface area contributed by atoms with Crippen molar-refractivity contribution in [2.45, 2.75) is 51.7 Å². The van der Waals surface area contributed by atoms with Crippen LogP contribution in [0.15, 0.2) is 18.2 Å². The highest BCUT2D eigenvalue weighted by Gasteiger charge is 2.22. The Hall–Kier alpha value is -0.280. The van der Waals surface area contributed by atoms with Crippen LogP contribution in [0.1, 0.15) is 39.2 Å². The Morgan fingerprint density at radius 2 is 1.95 bits per heavy atom. The van der Waals surface area contributed by atoms with Crippen LogP contribution in [0, 0.1) is 0 Å². The smallest absolute Gasteiger partial charge is 0.0637 e. The zero-order valence-electron chi connectivity index (χ0n) is 12.8. The van der Waals surface area contributed by atoms with E-state index >= 15 is 0 Å². The largest absolute Gasteiger partial charge is 0.379 e. The lowest BCUT2D eigenvalue weighted by Gasteiger charge is -2.29. The second-order valence-electron chi connectivity index (χ2n) is 5.77. The molecule has 1 aromatic rings. The summed E-state index contributed by atoms with van der Waals surface area (Å²) in [7, 11) is 1.76. The predicted octanol–water partition coefficient (Wildman–Crippen LogP) is 4.72. The van der Waals surface area contributed by atoms with Gasteiger partial charge in [0.25, 0.3) is 0 Å². The van der Waals surface area contributed by atoms with Crippen LogP contribution in [0.25, 0.3) is 0 Å². The molecule has 2 nitrogen and oxygen atoms in total. The van der Waals surface area contributed by atoms with Gasteiger partial charge in [-0.3, -0.25) is 0 Å². The molecule has 0 saturated heterocycles. The van der Waals surface area contributed by atoms with Crippen LogP contribution >= 0.6 is 23.2 Å². The SMILES string of the molecule is CCCNC(Cc1ccc(Cl)c(Cl)c1)CC(C)(C)OC. The monoisotopic (exact) mass is 317 g/mol. The molecule has 0 aliphatic heterocycles. The molecule has 0 aliphatic rings. The van der Waals surface area contributed by atoms with Crippen LogP contribution in [0.2, 0.25) is 10.0 Å². The van der Waals surface area contributed by atoms with Crippen molar-refractivity contribution in [3.8, 4) is 0 Å². The maximum absolute atomic E-state index is 6.08. The van der Waals surface area contributed by atoms with Crippen LogP contribution < -0.4 is 5.32 Å². The zero-order chi connectivity index (χ0) is 15.2.